The minimum Gasteiger partial charge on any atom is -0.311 e. The van der Waals surface area contributed by atoms with Crippen LogP contribution in [0.2, 0.25) is 0 Å². The average molecular weight is 380 g/mol. The van der Waals surface area contributed by atoms with Crippen LogP contribution in [0.25, 0.3) is 10.1 Å². The van der Waals surface area contributed by atoms with E-state index in [4.69, 9.17) is 0 Å². The van der Waals surface area contributed by atoms with Gasteiger partial charge in [0.15, 0.2) is 0 Å². The van der Waals surface area contributed by atoms with Crippen molar-refractivity contribution in [3.05, 3.63) is 127 Å². The summed E-state index contributed by atoms with van der Waals surface area (Å²) in [6.45, 7) is 0. The SMILES string of the molecule is c1ccc(N(c2ccccc2)c2ccccc2)cc1.c1ccc2sccc2c1. The van der Waals surface area contributed by atoms with Gasteiger partial charge in [-0.15, -0.1) is 11.3 Å². The van der Waals surface area contributed by atoms with Crippen molar-refractivity contribution in [1.82, 2.24) is 0 Å². The van der Waals surface area contributed by atoms with E-state index in [9.17, 15) is 0 Å². The highest BCUT2D eigenvalue weighted by molar-refractivity contribution is 7.17. The molecule has 0 aliphatic heterocycles. The zero-order valence-corrected chi connectivity index (χ0v) is 16.3. The van der Waals surface area contributed by atoms with Crippen molar-refractivity contribution in [1.29, 1.82) is 0 Å². The first-order chi connectivity index (χ1) is 13.9. The topological polar surface area (TPSA) is 3.24 Å². The van der Waals surface area contributed by atoms with E-state index >= 15 is 0 Å². The van der Waals surface area contributed by atoms with Gasteiger partial charge in [0.1, 0.15) is 0 Å². The Morgan fingerprint density at radius 1 is 0.429 bits per heavy atom. The van der Waals surface area contributed by atoms with Crippen molar-refractivity contribution in [2.45, 2.75) is 0 Å². The summed E-state index contributed by atoms with van der Waals surface area (Å²) in [4.78, 5) is 2.25. The Bertz CT molecular complexity index is 978. The number of benzene rings is 4. The van der Waals surface area contributed by atoms with Crippen molar-refractivity contribution in [2.75, 3.05) is 4.90 Å². The first kappa shape index (κ1) is 18.0. The van der Waals surface area contributed by atoms with E-state index in [0.717, 1.165) is 0 Å². The van der Waals surface area contributed by atoms with Crippen LogP contribution in [0.5, 0.6) is 0 Å². The van der Waals surface area contributed by atoms with Crippen LogP contribution in [-0.4, -0.2) is 0 Å². The summed E-state index contributed by atoms with van der Waals surface area (Å²) in [5, 5.41) is 3.47. The lowest BCUT2D eigenvalue weighted by atomic mass is 10.2. The third-order valence-corrected chi connectivity index (χ3v) is 5.30. The molecule has 0 amide bonds. The molecule has 1 nitrogen and oxygen atoms in total. The summed E-state index contributed by atoms with van der Waals surface area (Å²) in [5.41, 5.74) is 3.50. The largest absolute Gasteiger partial charge is 0.311 e. The first-order valence-corrected chi connectivity index (χ1v) is 10.2. The second-order valence-electron chi connectivity index (χ2n) is 6.30. The fourth-order valence-corrected chi connectivity index (χ4v) is 3.88. The van der Waals surface area contributed by atoms with Crippen LogP contribution in [0, 0.1) is 0 Å². The van der Waals surface area contributed by atoms with Crippen LogP contribution in [0.3, 0.4) is 0 Å². The van der Waals surface area contributed by atoms with Crippen molar-refractivity contribution in [3.8, 4) is 0 Å². The maximum absolute atomic E-state index is 2.25. The van der Waals surface area contributed by atoms with Gasteiger partial charge in [-0.25, -0.2) is 0 Å². The molecule has 0 unspecified atom stereocenters. The Morgan fingerprint density at radius 3 is 1.32 bits per heavy atom. The van der Waals surface area contributed by atoms with Gasteiger partial charge in [-0.1, -0.05) is 72.8 Å². The molecule has 1 aromatic heterocycles. The second kappa shape index (κ2) is 9.03. The normalized spacial score (nSPS) is 10.1. The van der Waals surface area contributed by atoms with Crippen molar-refractivity contribution in [3.63, 3.8) is 0 Å². The van der Waals surface area contributed by atoms with Crippen LogP contribution in [-0.2, 0) is 0 Å². The summed E-state index contributed by atoms with van der Waals surface area (Å²) in [6.07, 6.45) is 0. The number of thiophene rings is 1. The molecule has 5 aromatic rings. The lowest BCUT2D eigenvalue weighted by Crippen LogP contribution is -2.09. The van der Waals surface area contributed by atoms with E-state index in [-0.39, 0.29) is 0 Å². The van der Waals surface area contributed by atoms with Crippen molar-refractivity contribution < 1.29 is 0 Å². The molecule has 0 saturated heterocycles. The molecule has 2 heteroatoms. The molecule has 0 aliphatic rings. The molecule has 0 atom stereocenters. The zero-order valence-electron chi connectivity index (χ0n) is 15.5. The highest BCUT2D eigenvalue weighted by atomic mass is 32.1. The van der Waals surface area contributed by atoms with Gasteiger partial charge in [0, 0.05) is 21.8 Å². The molecule has 0 fully saturated rings. The first-order valence-electron chi connectivity index (χ1n) is 9.29. The number of anilines is 3. The molecular weight excluding hydrogens is 358 g/mol. The van der Waals surface area contributed by atoms with Gasteiger partial charge < -0.3 is 4.90 Å². The van der Waals surface area contributed by atoms with E-state index in [1.807, 2.05) is 18.2 Å². The van der Waals surface area contributed by atoms with Crippen LogP contribution in [0.15, 0.2) is 127 Å². The van der Waals surface area contributed by atoms with Gasteiger partial charge in [0.25, 0.3) is 0 Å². The quantitative estimate of drug-likeness (QED) is 0.306. The van der Waals surface area contributed by atoms with Gasteiger partial charge in [-0.05, 0) is 59.3 Å². The number of nitrogens with zero attached hydrogens (tertiary/aromatic N) is 1. The Kier molecular flexibility index (Phi) is 5.81. The van der Waals surface area contributed by atoms with Crippen LogP contribution in [0.4, 0.5) is 17.1 Å². The van der Waals surface area contributed by atoms with Crippen molar-refractivity contribution in [2.24, 2.45) is 0 Å². The molecule has 0 N–H and O–H groups in total. The van der Waals surface area contributed by atoms with Crippen LogP contribution >= 0.6 is 11.3 Å². The Labute approximate surface area is 170 Å². The Morgan fingerprint density at radius 2 is 0.857 bits per heavy atom. The lowest BCUT2D eigenvalue weighted by Gasteiger charge is -2.25. The maximum atomic E-state index is 2.25. The van der Waals surface area contributed by atoms with Crippen molar-refractivity contribution >= 4 is 38.5 Å². The number of rotatable bonds is 3. The molecule has 136 valence electrons. The van der Waals surface area contributed by atoms with Crippen LogP contribution < -0.4 is 4.90 Å². The predicted molar refractivity (Wildman–Crippen MR) is 123 cm³/mol. The number of para-hydroxylation sites is 3. The minimum atomic E-state index is 1.17. The fourth-order valence-electron chi connectivity index (χ4n) is 3.08. The molecular formula is C26H21NS. The average Bonchev–Trinajstić information content (AvgIpc) is 3.26. The predicted octanol–water partition coefficient (Wildman–Crippen LogP) is 8.06. The molecule has 28 heavy (non-hydrogen) atoms. The van der Waals surface area contributed by atoms with Gasteiger partial charge >= 0.3 is 0 Å². The molecule has 5 rings (SSSR count). The third kappa shape index (κ3) is 4.30. The minimum absolute atomic E-state index is 1.17. The van der Waals surface area contributed by atoms with Gasteiger partial charge in [-0.2, -0.15) is 0 Å². The smallest absolute Gasteiger partial charge is 0.0461 e. The number of hydrogen-bond donors (Lipinski definition) is 0. The van der Waals surface area contributed by atoms with Gasteiger partial charge in [-0.3, -0.25) is 0 Å². The number of hydrogen-bond acceptors (Lipinski definition) is 2. The molecule has 0 spiro atoms. The van der Waals surface area contributed by atoms with E-state index in [1.165, 1.54) is 27.1 Å². The second-order valence-corrected chi connectivity index (χ2v) is 7.25. The zero-order chi connectivity index (χ0) is 19.0. The maximum Gasteiger partial charge on any atom is 0.0461 e. The number of fused-ring (bicyclic) bond motifs is 1. The standard InChI is InChI=1S/C18H15N.C8H6S/c1-4-10-16(11-5-1)19(17-12-6-2-7-13-17)18-14-8-3-9-15-18;1-2-4-8-7(3-1)5-6-9-8/h1-15H;1-6H. The van der Waals surface area contributed by atoms with Gasteiger partial charge in [0.2, 0.25) is 0 Å². The summed E-state index contributed by atoms with van der Waals surface area (Å²) < 4.78 is 1.37. The summed E-state index contributed by atoms with van der Waals surface area (Å²) in [6, 6.07) is 41.8. The molecule has 0 bridgehead atoms. The van der Waals surface area contributed by atoms with E-state index in [2.05, 4.69) is 113 Å². The van der Waals surface area contributed by atoms with E-state index in [1.54, 1.807) is 11.3 Å². The molecule has 0 aliphatic carbocycles. The summed E-state index contributed by atoms with van der Waals surface area (Å²) in [5.74, 6) is 0. The molecule has 0 radical (unpaired) electrons. The monoisotopic (exact) mass is 379 g/mol. The highest BCUT2D eigenvalue weighted by Crippen LogP contribution is 2.33. The Hall–Kier alpha value is -3.36. The third-order valence-electron chi connectivity index (χ3n) is 4.40. The van der Waals surface area contributed by atoms with E-state index in [0.29, 0.717) is 0 Å². The van der Waals surface area contributed by atoms with E-state index < -0.39 is 0 Å². The molecule has 0 saturated carbocycles. The molecule has 1 heterocycles. The fraction of sp³-hybridized carbons (Fsp3) is 0. The highest BCUT2D eigenvalue weighted by Gasteiger charge is 2.10. The van der Waals surface area contributed by atoms with Gasteiger partial charge in [0.05, 0.1) is 0 Å². The summed E-state index contributed by atoms with van der Waals surface area (Å²) in [7, 11) is 0. The lowest BCUT2D eigenvalue weighted by molar-refractivity contribution is 1.28. The Balaban J connectivity index is 0.000000177. The molecule has 4 aromatic carbocycles. The summed E-state index contributed by atoms with van der Waals surface area (Å²) >= 11 is 1.79. The van der Waals surface area contributed by atoms with Crippen LogP contribution in [0.1, 0.15) is 0 Å².